The molecule has 0 aliphatic rings. The van der Waals surface area contributed by atoms with Crippen LogP contribution in [0, 0.1) is 0 Å². The molecule has 0 saturated carbocycles. The number of halogens is 1. The largest absolute Gasteiger partial charge is 0.387 e. The monoisotopic (exact) mass is 212 g/mol. The van der Waals surface area contributed by atoms with Crippen molar-refractivity contribution in [2.45, 2.75) is 6.10 Å². The van der Waals surface area contributed by atoms with Crippen molar-refractivity contribution in [1.82, 2.24) is 5.16 Å². The number of benzene rings is 1. The minimum absolute atomic E-state index is 0.160. The summed E-state index contributed by atoms with van der Waals surface area (Å²) in [5, 5.41) is 14.3. The van der Waals surface area contributed by atoms with Crippen molar-refractivity contribution in [2.24, 2.45) is 5.73 Å². The number of aliphatic hydroxyl groups excluding tert-OH is 1. The highest BCUT2D eigenvalue weighted by Gasteiger charge is 2.11. The Morgan fingerprint density at radius 2 is 2.36 bits per heavy atom. The lowest BCUT2D eigenvalue weighted by Gasteiger charge is -2.07. The average Bonchev–Trinajstić information content (AvgIpc) is 2.64. The van der Waals surface area contributed by atoms with Crippen LogP contribution < -0.4 is 5.73 Å². The van der Waals surface area contributed by atoms with E-state index >= 15 is 0 Å². The van der Waals surface area contributed by atoms with Gasteiger partial charge < -0.3 is 15.4 Å². The van der Waals surface area contributed by atoms with Crippen molar-refractivity contribution in [1.29, 1.82) is 0 Å². The number of fused-ring (bicyclic) bond motifs is 1. The molecule has 2 rings (SSSR count). The predicted molar refractivity (Wildman–Crippen MR) is 53.0 cm³/mol. The molecule has 0 radical (unpaired) electrons. The number of aromatic nitrogens is 1. The van der Waals surface area contributed by atoms with Gasteiger partial charge in [-0.1, -0.05) is 16.8 Å². The molecule has 0 saturated heterocycles. The Bertz CT molecular complexity index is 455. The van der Waals surface area contributed by atoms with Crippen LogP contribution in [0.25, 0.3) is 11.0 Å². The third-order valence-electron chi connectivity index (χ3n) is 2.04. The number of hydrogen-bond donors (Lipinski definition) is 2. The molecular weight excluding hydrogens is 204 g/mol. The molecule has 1 aromatic heterocycles. The van der Waals surface area contributed by atoms with Gasteiger partial charge in [-0.05, 0) is 17.7 Å². The fourth-order valence-corrected chi connectivity index (χ4v) is 1.56. The summed E-state index contributed by atoms with van der Waals surface area (Å²) < 4.78 is 4.92. The molecule has 14 heavy (non-hydrogen) atoms. The highest BCUT2D eigenvalue weighted by atomic mass is 35.5. The molecule has 0 aliphatic carbocycles. The summed E-state index contributed by atoms with van der Waals surface area (Å²) >= 11 is 5.92. The fraction of sp³-hybridized carbons (Fsp3) is 0.222. The molecule has 1 unspecified atom stereocenters. The lowest BCUT2D eigenvalue weighted by Crippen LogP contribution is -2.11. The normalized spacial score (nSPS) is 13.4. The van der Waals surface area contributed by atoms with Crippen molar-refractivity contribution in [3.63, 3.8) is 0 Å². The number of hydrogen-bond acceptors (Lipinski definition) is 4. The molecule has 4 nitrogen and oxygen atoms in total. The predicted octanol–water partition coefficient (Wildman–Crippen LogP) is 1.47. The Morgan fingerprint density at radius 1 is 1.57 bits per heavy atom. The fourth-order valence-electron chi connectivity index (χ4n) is 1.29. The Hall–Kier alpha value is -1.10. The van der Waals surface area contributed by atoms with E-state index in [2.05, 4.69) is 5.16 Å². The van der Waals surface area contributed by atoms with Crippen LogP contribution in [0.4, 0.5) is 0 Å². The molecule has 0 aliphatic heterocycles. The van der Waals surface area contributed by atoms with Gasteiger partial charge in [0.05, 0.1) is 17.3 Å². The summed E-state index contributed by atoms with van der Waals surface area (Å²) in [5.74, 6) is 0. The number of nitrogens with two attached hydrogens (primary N) is 1. The van der Waals surface area contributed by atoms with Crippen LogP contribution in [0.2, 0.25) is 5.02 Å². The van der Waals surface area contributed by atoms with Crippen LogP contribution in [0.15, 0.2) is 22.9 Å². The molecule has 2 aromatic rings. The van der Waals surface area contributed by atoms with Gasteiger partial charge in [0.2, 0.25) is 0 Å². The van der Waals surface area contributed by atoms with Crippen molar-refractivity contribution in [2.75, 3.05) is 6.54 Å². The van der Waals surface area contributed by atoms with E-state index in [1.165, 1.54) is 0 Å². The highest BCUT2D eigenvalue weighted by Crippen LogP contribution is 2.27. The van der Waals surface area contributed by atoms with E-state index in [1.54, 1.807) is 18.3 Å². The lowest BCUT2D eigenvalue weighted by atomic mass is 10.1. The second kappa shape index (κ2) is 3.57. The average molecular weight is 213 g/mol. The van der Waals surface area contributed by atoms with Crippen LogP contribution in [-0.4, -0.2) is 16.8 Å². The molecule has 0 fully saturated rings. The first kappa shape index (κ1) is 9.45. The maximum atomic E-state index is 9.52. The van der Waals surface area contributed by atoms with Gasteiger partial charge in [0, 0.05) is 11.9 Å². The van der Waals surface area contributed by atoms with Crippen molar-refractivity contribution in [3.05, 3.63) is 28.9 Å². The molecule has 5 heteroatoms. The summed E-state index contributed by atoms with van der Waals surface area (Å²) in [6.07, 6.45) is 0.848. The smallest absolute Gasteiger partial charge is 0.185 e. The minimum Gasteiger partial charge on any atom is -0.387 e. The molecule has 74 valence electrons. The highest BCUT2D eigenvalue weighted by molar-refractivity contribution is 6.34. The third-order valence-corrected chi connectivity index (χ3v) is 2.32. The van der Waals surface area contributed by atoms with Gasteiger partial charge in [0.1, 0.15) is 0 Å². The van der Waals surface area contributed by atoms with Crippen LogP contribution in [0.1, 0.15) is 11.7 Å². The van der Waals surface area contributed by atoms with Crippen molar-refractivity contribution in [3.8, 4) is 0 Å². The van der Waals surface area contributed by atoms with Gasteiger partial charge in [-0.15, -0.1) is 0 Å². The second-order valence-electron chi connectivity index (χ2n) is 3.00. The topological polar surface area (TPSA) is 72.3 Å². The maximum absolute atomic E-state index is 9.52. The Labute approximate surface area is 85.2 Å². The number of rotatable bonds is 2. The van der Waals surface area contributed by atoms with Crippen LogP contribution in [-0.2, 0) is 0 Å². The lowest BCUT2D eigenvalue weighted by molar-refractivity contribution is 0.187. The quantitative estimate of drug-likeness (QED) is 0.791. The van der Waals surface area contributed by atoms with Gasteiger partial charge in [-0.3, -0.25) is 0 Å². The van der Waals surface area contributed by atoms with Crippen LogP contribution in [0.5, 0.6) is 0 Å². The van der Waals surface area contributed by atoms with Gasteiger partial charge in [-0.25, -0.2) is 0 Å². The Balaban J connectivity index is 2.58. The van der Waals surface area contributed by atoms with Crippen molar-refractivity contribution >= 4 is 22.6 Å². The standard InChI is InChI=1S/C9H9ClN2O2/c10-7-2-5(8(13)3-11)1-6-4-12-14-9(6)7/h1-2,4,8,13H,3,11H2. The Kier molecular flexibility index (Phi) is 2.41. The molecule has 0 spiro atoms. The number of nitrogens with zero attached hydrogens (tertiary/aromatic N) is 1. The summed E-state index contributed by atoms with van der Waals surface area (Å²) in [5.41, 5.74) is 6.54. The summed E-state index contributed by atoms with van der Waals surface area (Å²) in [6, 6.07) is 3.39. The van der Waals surface area contributed by atoms with E-state index in [0.717, 1.165) is 5.39 Å². The van der Waals surface area contributed by atoms with E-state index in [0.29, 0.717) is 16.2 Å². The van der Waals surface area contributed by atoms with E-state index in [9.17, 15) is 5.11 Å². The molecule has 3 N–H and O–H groups in total. The Morgan fingerprint density at radius 3 is 3.07 bits per heavy atom. The minimum atomic E-state index is -0.702. The number of aliphatic hydroxyl groups is 1. The van der Waals surface area contributed by atoms with E-state index in [1.807, 2.05) is 0 Å². The zero-order valence-electron chi connectivity index (χ0n) is 7.27. The van der Waals surface area contributed by atoms with Gasteiger partial charge in [0.25, 0.3) is 0 Å². The zero-order chi connectivity index (χ0) is 10.1. The third kappa shape index (κ3) is 1.48. The summed E-state index contributed by atoms with van der Waals surface area (Å²) in [4.78, 5) is 0. The van der Waals surface area contributed by atoms with Gasteiger partial charge in [0.15, 0.2) is 5.58 Å². The molecule has 0 amide bonds. The SMILES string of the molecule is NCC(O)c1cc(Cl)c2oncc2c1. The van der Waals surface area contributed by atoms with Crippen LogP contribution in [0.3, 0.4) is 0 Å². The van der Waals surface area contributed by atoms with E-state index in [-0.39, 0.29) is 6.54 Å². The first-order valence-corrected chi connectivity index (χ1v) is 4.52. The second-order valence-corrected chi connectivity index (χ2v) is 3.41. The zero-order valence-corrected chi connectivity index (χ0v) is 8.03. The molecule has 1 atom stereocenters. The molecular formula is C9H9ClN2O2. The first-order valence-electron chi connectivity index (χ1n) is 4.14. The molecule has 0 bridgehead atoms. The van der Waals surface area contributed by atoms with Crippen LogP contribution >= 0.6 is 11.6 Å². The first-order chi connectivity index (χ1) is 6.72. The summed E-state index contributed by atoms with van der Waals surface area (Å²) in [7, 11) is 0. The van der Waals surface area contributed by atoms with Gasteiger partial charge >= 0.3 is 0 Å². The van der Waals surface area contributed by atoms with Gasteiger partial charge in [-0.2, -0.15) is 0 Å². The molecule has 1 aromatic carbocycles. The van der Waals surface area contributed by atoms with E-state index in [4.69, 9.17) is 21.9 Å². The van der Waals surface area contributed by atoms with Crippen molar-refractivity contribution < 1.29 is 9.63 Å². The van der Waals surface area contributed by atoms with E-state index < -0.39 is 6.10 Å². The molecule has 1 heterocycles. The maximum Gasteiger partial charge on any atom is 0.185 e. The summed E-state index contributed by atoms with van der Waals surface area (Å²) in [6.45, 7) is 0.160.